The molecule has 0 aromatic carbocycles. The van der Waals surface area contributed by atoms with Gasteiger partial charge in [-0.05, 0) is 57.4 Å². The fraction of sp³-hybridized carbons (Fsp3) is 1.00. The van der Waals surface area contributed by atoms with Gasteiger partial charge in [-0.25, -0.2) is 0 Å². The van der Waals surface area contributed by atoms with Crippen LogP contribution >= 0.6 is 0 Å². The van der Waals surface area contributed by atoms with Crippen LogP contribution in [0.4, 0.5) is 0 Å². The molecule has 98 valence electrons. The van der Waals surface area contributed by atoms with Crippen LogP contribution in [0.15, 0.2) is 0 Å². The third-order valence-corrected chi connectivity index (χ3v) is 5.93. The van der Waals surface area contributed by atoms with E-state index in [2.05, 4.69) is 11.8 Å². The maximum atomic E-state index is 3.00. The number of nitrogens with zero attached hydrogens (tertiary/aromatic N) is 1. The van der Waals surface area contributed by atoms with Crippen molar-refractivity contribution in [3.05, 3.63) is 0 Å². The molecular formula is C16H29N. The molecule has 1 saturated carbocycles. The van der Waals surface area contributed by atoms with E-state index in [1.165, 1.54) is 70.8 Å². The van der Waals surface area contributed by atoms with Gasteiger partial charge in [0.25, 0.3) is 0 Å². The first-order chi connectivity index (χ1) is 8.37. The van der Waals surface area contributed by atoms with Gasteiger partial charge in [0, 0.05) is 11.6 Å². The first-order valence-electron chi connectivity index (χ1n) is 8.13. The number of unbranched alkanes of at least 4 members (excludes halogenated alkanes) is 1. The summed E-state index contributed by atoms with van der Waals surface area (Å²) < 4.78 is 0. The maximum absolute atomic E-state index is 3.00. The Morgan fingerprint density at radius 1 is 1.06 bits per heavy atom. The van der Waals surface area contributed by atoms with E-state index in [4.69, 9.17) is 0 Å². The lowest BCUT2D eigenvalue weighted by Gasteiger charge is -2.55. The van der Waals surface area contributed by atoms with Crippen molar-refractivity contribution in [1.29, 1.82) is 0 Å². The molecule has 3 rings (SSSR count). The smallest absolute Gasteiger partial charge is 0.0241 e. The summed E-state index contributed by atoms with van der Waals surface area (Å²) in [6.45, 7) is 3.76. The molecular weight excluding hydrogens is 206 g/mol. The van der Waals surface area contributed by atoms with Gasteiger partial charge in [0.05, 0.1) is 0 Å². The van der Waals surface area contributed by atoms with Crippen LogP contribution in [-0.2, 0) is 0 Å². The Balaban J connectivity index is 1.76. The Kier molecular flexibility index (Phi) is 3.47. The van der Waals surface area contributed by atoms with Gasteiger partial charge in [0.15, 0.2) is 0 Å². The van der Waals surface area contributed by atoms with Crippen LogP contribution in [0.1, 0.15) is 77.6 Å². The van der Waals surface area contributed by atoms with E-state index in [0.29, 0.717) is 5.54 Å². The molecule has 0 bridgehead atoms. The van der Waals surface area contributed by atoms with Crippen molar-refractivity contribution >= 4 is 0 Å². The molecule has 2 heterocycles. The minimum atomic E-state index is 0.689. The summed E-state index contributed by atoms with van der Waals surface area (Å²) in [5.74, 6) is 1.07. The van der Waals surface area contributed by atoms with Crippen molar-refractivity contribution in [1.82, 2.24) is 4.90 Å². The summed E-state index contributed by atoms with van der Waals surface area (Å²) in [4.78, 5) is 3.00. The van der Waals surface area contributed by atoms with E-state index >= 15 is 0 Å². The topological polar surface area (TPSA) is 3.24 Å². The Morgan fingerprint density at radius 3 is 2.82 bits per heavy atom. The predicted octanol–water partition coefficient (Wildman–Crippen LogP) is 4.36. The molecule has 0 amide bonds. The molecule has 0 aromatic rings. The first-order valence-corrected chi connectivity index (χ1v) is 8.13. The van der Waals surface area contributed by atoms with Crippen molar-refractivity contribution in [2.75, 3.05) is 6.54 Å². The van der Waals surface area contributed by atoms with E-state index in [1.54, 1.807) is 6.42 Å². The zero-order valence-electron chi connectivity index (χ0n) is 11.6. The van der Waals surface area contributed by atoms with Gasteiger partial charge in [-0.2, -0.15) is 0 Å². The zero-order valence-corrected chi connectivity index (χ0v) is 11.6. The van der Waals surface area contributed by atoms with Gasteiger partial charge < -0.3 is 0 Å². The molecule has 1 heteroatoms. The molecule has 3 atom stereocenters. The quantitative estimate of drug-likeness (QED) is 0.702. The molecule has 0 aromatic heterocycles. The molecule has 2 saturated heterocycles. The summed E-state index contributed by atoms with van der Waals surface area (Å²) in [5.41, 5.74) is 0.689. The molecule has 3 aliphatic rings. The lowest BCUT2D eigenvalue weighted by atomic mass is 9.66. The highest BCUT2D eigenvalue weighted by atomic mass is 15.3. The maximum Gasteiger partial charge on any atom is 0.0241 e. The average molecular weight is 235 g/mol. The van der Waals surface area contributed by atoms with Crippen LogP contribution in [0.25, 0.3) is 0 Å². The minimum Gasteiger partial charge on any atom is -0.294 e. The number of hydrogen-bond acceptors (Lipinski definition) is 1. The van der Waals surface area contributed by atoms with Crippen LogP contribution in [0.2, 0.25) is 0 Å². The average Bonchev–Trinajstić information content (AvgIpc) is 2.79. The van der Waals surface area contributed by atoms with E-state index < -0.39 is 0 Å². The first kappa shape index (κ1) is 12.0. The molecule has 1 aliphatic carbocycles. The van der Waals surface area contributed by atoms with E-state index in [0.717, 1.165) is 12.0 Å². The SMILES string of the molecule is CCCC[C@H]1CC[C@H]2CCCC[C@@]23CCCN13. The van der Waals surface area contributed by atoms with E-state index in [9.17, 15) is 0 Å². The van der Waals surface area contributed by atoms with Gasteiger partial charge in [-0.15, -0.1) is 0 Å². The van der Waals surface area contributed by atoms with Crippen molar-refractivity contribution < 1.29 is 0 Å². The van der Waals surface area contributed by atoms with Crippen molar-refractivity contribution in [2.24, 2.45) is 5.92 Å². The second-order valence-electron chi connectivity index (χ2n) is 6.72. The Bertz CT molecular complexity index is 262. The fourth-order valence-electron chi connectivity index (χ4n) is 5.17. The molecule has 0 radical (unpaired) electrons. The summed E-state index contributed by atoms with van der Waals surface area (Å²) in [6, 6.07) is 0.951. The van der Waals surface area contributed by atoms with Gasteiger partial charge in [-0.3, -0.25) is 4.90 Å². The summed E-state index contributed by atoms with van der Waals surface area (Å²) in [5, 5.41) is 0. The highest BCUT2D eigenvalue weighted by Gasteiger charge is 2.52. The summed E-state index contributed by atoms with van der Waals surface area (Å²) in [7, 11) is 0. The molecule has 1 nitrogen and oxygen atoms in total. The van der Waals surface area contributed by atoms with Crippen molar-refractivity contribution in [3.8, 4) is 0 Å². The molecule has 1 spiro atoms. The highest BCUT2D eigenvalue weighted by molar-refractivity contribution is 5.07. The number of piperidine rings is 1. The van der Waals surface area contributed by atoms with Gasteiger partial charge in [0.2, 0.25) is 0 Å². The Labute approximate surface area is 107 Å². The van der Waals surface area contributed by atoms with Crippen LogP contribution in [0, 0.1) is 5.92 Å². The van der Waals surface area contributed by atoms with E-state index in [1.807, 2.05) is 0 Å². The lowest BCUT2D eigenvalue weighted by Crippen LogP contribution is -2.58. The second-order valence-corrected chi connectivity index (χ2v) is 6.72. The molecule has 2 aliphatic heterocycles. The second kappa shape index (κ2) is 4.91. The largest absolute Gasteiger partial charge is 0.294 e. The van der Waals surface area contributed by atoms with Crippen molar-refractivity contribution in [3.63, 3.8) is 0 Å². The predicted molar refractivity (Wildman–Crippen MR) is 73.2 cm³/mol. The third kappa shape index (κ3) is 1.95. The lowest BCUT2D eigenvalue weighted by molar-refractivity contribution is -0.0417. The normalized spacial score (nSPS) is 42.2. The molecule has 17 heavy (non-hydrogen) atoms. The number of hydrogen-bond donors (Lipinski definition) is 0. The minimum absolute atomic E-state index is 0.689. The number of rotatable bonds is 3. The Hall–Kier alpha value is -0.0400. The monoisotopic (exact) mass is 235 g/mol. The van der Waals surface area contributed by atoms with E-state index in [-0.39, 0.29) is 0 Å². The van der Waals surface area contributed by atoms with Crippen LogP contribution < -0.4 is 0 Å². The fourth-order valence-corrected chi connectivity index (χ4v) is 5.17. The third-order valence-electron chi connectivity index (χ3n) is 5.93. The zero-order chi connectivity index (χ0) is 11.7. The highest BCUT2D eigenvalue weighted by Crippen LogP contribution is 2.52. The molecule has 0 N–H and O–H groups in total. The molecule has 0 unspecified atom stereocenters. The van der Waals surface area contributed by atoms with Gasteiger partial charge in [0.1, 0.15) is 0 Å². The standard InChI is InChI=1S/C16H29N/c1-2-3-8-15-10-9-14-7-4-5-11-16(14)12-6-13-17(15)16/h14-15H,2-13H2,1H3/t14-,15+,16-/m1/s1. The van der Waals surface area contributed by atoms with Crippen LogP contribution in [0.3, 0.4) is 0 Å². The molecule has 3 fully saturated rings. The van der Waals surface area contributed by atoms with Gasteiger partial charge in [-0.1, -0.05) is 32.6 Å². The van der Waals surface area contributed by atoms with Gasteiger partial charge >= 0.3 is 0 Å². The summed E-state index contributed by atoms with van der Waals surface area (Å²) >= 11 is 0. The van der Waals surface area contributed by atoms with Crippen molar-refractivity contribution in [2.45, 2.75) is 89.1 Å². The van der Waals surface area contributed by atoms with Crippen LogP contribution in [-0.4, -0.2) is 23.0 Å². The Morgan fingerprint density at radius 2 is 1.94 bits per heavy atom. The van der Waals surface area contributed by atoms with Crippen LogP contribution in [0.5, 0.6) is 0 Å². The summed E-state index contributed by atoms with van der Waals surface area (Å²) in [6.07, 6.45) is 16.5.